The van der Waals surface area contributed by atoms with Gasteiger partial charge in [0, 0.05) is 4.88 Å². The van der Waals surface area contributed by atoms with Gasteiger partial charge in [-0.3, -0.25) is 4.79 Å². The van der Waals surface area contributed by atoms with Crippen molar-refractivity contribution in [1.82, 2.24) is 20.1 Å². The van der Waals surface area contributed by atoms with Crippen LogP contribution in [0.4, 0.5) is 0 Å². The lowest BCUT2D eigenvalue weighted by atomic mass is 10.1. The molecular weight excluding hydrogens is 296 g/mol. The third-order valence-electron chi connectivity index (χ3n) is 3.37. The molecule has 0 spiro atoms. The van der Waals surface area contributed by atoms with E-state index < -0.39 is 0 Å². The van der Waals surface area contributed by atoms with E-state index >= 15 is 0 Å². The average Bonchev–Trinajstić information content (AvgIpc) is 3.20. The number of thiophene rings is 1. The van der Waals surface area contributed by atoms with Crippen LogP contribution in [0.15, 0.2) is 54.4 Å². The number of hydrogen-bond donors (Lipinski definition) is 1. The largest absolute Gasteiger partial charge is 0.349 e. The first-order valence-corrected chi connectivity index (χ1v) is 7.87. The number of amides is 1. The zero-order valence-corrected chi connectivity index (χ0v) is 13.0. The van der Waals surface area contributed by atoms with Crippen molar-refractivity contribution in [2.75, 3.05) is 0 Å². The maximum absolute atomic E-state index is 12.0. The monoisotopic (exact) mass is 312 g/mol. The maximum Gasteiger partial charge on any atom is 0.225 e. The van der Waals surface area contributed by atoms with E-state index in [1.165, 1.54) is 6.33 Å². The number of aromatic nitrogens is 3. The lowest BCUT2D eigenvalue weighted by Crippen LogP contribution is -2.27. The molecule has 0 bridgehead atoms. The molecule has 1 amide bonds. The molecule has 0 aliphatic rings. The van der Waals surface area contributed by atoms with E-state index in [0.29, 0.717) is 6.42 Å². The van der Waals surface area contributed by atoms with E-state index in [9.17, 15) is 4.79 Å². The fourth-order valence-electron chi connectivity index (χ4n) is 2.20. The van der Waals surface area contributed by atoms with Gasteiger partial charge in [-0.1, -0.05) is 18.2 Å². The third-order valence-corrected chi connectivity index (χ3v) is 4.25. The summed E-state index contributed by atoms with van der Waals surface area (Å²) in [5, 5.41) is 9.09. The SMILES string of the molecule is C[C@@H](NC(=O)Cc1cccs1)c1ccc(-n2cncn2)cc1. The van der Waals surface area contributed by atoms with Gasteiger partial charge in [0.05, 0.1) is 18.2 Å². The van der Waals surface area contributed by atoms with Gasteiger partial charge >= 0.3 is 0 Å². The number of benzene rings is 1. The Morgan fingerprint density at radius 3 is 2.77 bits per heavy atom. The van der Waals surface area contributed by atoms with Crippen molar-refractivity contribution < 1.29 is 4.79 Å². The average molecular weight is 312 g/mol. The molecule has 3 rings (SSSR count). The van der Waals surface area contributed by atoms with Gasteiger partial charge in [-0.2, -0.15) is 5.10 Å². The molecule has 1 aromatic carbocycles. The summed E-state index contributed by atoms with van der Waals surface area (Å²) in [4.78, 5) is 17.0. The second-order valence-corrected chi connectivity index (χ2v) is 6.01. The molecule has 22 heavy (non-hydrogen) atoms. The summed E-state index contributed by atoms with van der Waals surface area (Å²) in [6.45, 7) is 1.98. The Balaban J connectivity index is 1.62. The Bertz CT molecular complexity index is 720. The highest BCUT2D eigenvalue weighted by Gasteiger charge is 2.10. The summed E-state index contributed by atoms with van der Waals surface area (Å²) in [7, 11) is 0. The van der Waals surface area contributed by atoms with E-state index in [2.05, 4.69) is 15.4 Å². The van der Waals surface area contributed by atoms with Crippen LogP contribution in [0.25, 0.3) is 5.69 Å². The number of carbonyl (C=O) groups excluding carboxylic acids is 1. The molecule has 3 aromatic rings. The van der Waals surface area contributed by atoms with Gasteiger partial charge in [-0.25, -0.2) is 9.67 Å². The Hall–Kier alpha value is -2.47. The molecule has 5 nitrogen and oxygen atoms in total. The second kappa shape index (κ2) is 6.53. The molecule has 0 radical (unpaired) electrons. The number of hydrogen-bond acceptors (Lipinski definition) is 4. The third kappa shape index (κ3) is 3.40. The summed E-state index contributed by atoms with van der Waals surface area (Å²) in [6.07, 6.45) is 3.58. The van der Waals surface area contributed by atoms with Crippen molar-refractivity contribution in [2.45, 2.75) is 19.4 Å². The van der Waals surface area contributed by atoms with Gasteiger partial charge in [0.25, 0.3) is 0 Å². The summed E-state index contributed by atoms with van der Waals surface area (Å²) in [5.41, 5.74) is 2.00. The van der Waals surface area contributed by atoms with Crippen LogP contribution in [0, 0.1) is 0 Å². The van der Waals surface area contributed by atoms with Crippen molar-refractivity contribution in [1.29, 1.82) is 0 Å². The van der Waals surface area contributed by atoms with Crippen LogP contribution in [-0.4, -0.2) is 20.7 Å². The van der Waals surface area contributed by atoms with E-state index in [1.54, 1.807) is 22.3 Å². The van der Waals surface area contributed by atoms with Gasteiger partial charge in [0.2, 0.25) is 5.91 Å². The summed E-state index contributed by atoms with van der Waals surface area (Å²) < 4.78 is 1.70. The Labute approximate surface area is 132 Å². The van der Waals surface area contributed by atoms with E-state index in [-0.39, 0.29) is 11.9 Å². The summed E-state index contributed by atoms with van der Waals surface area (Å²) in [5.74, 6) is 0.0373. The van der Waals surface area contributed by atoms with Crippen LogP contribution in [0.3, 0.4) is 0 Å². The van der Waals surface area contributed by atoms with Gasteiger partial charge in [0.15, 0.2) is 0 Å². The van der Waals surface area contributed by atoms with Crippen molar-refractivity contribution in [3.63, 3.8) is 0 Å². The molecule has 0 saturated heterocycles. The van der Waals surface area contributed by atoms with Crippen LogP contribution >= 0.6 is 11.3 Å². The van der Waals surface area contributed by atoms with Crippen molar-refractivity contribution in [3.8, 4) is 5.69 Å². The second-order valence-electron chi connectivity index (χ2n) is 4.98. The van der Waals surface area contributed by atoms with Crippen LogP contribution in [0.1, 0.15) is 23.4 Å². The standard InChI is InChI=1S/C16H16N4OS/c1-12(19-16(21)9-15-3-2-8-22-15)13-4-6-14(7-5-13)20-11-17-10-18-20/h2-8,10-12H,9H2,1H3,(H,19,21)/t12-/m1/s1. The molecule has 0 aliphatic heterocycles. The molecule has 2 heterocycles. The van der Waals surface area contributed by atoms with E-state index in [1.807, 2.05) is 48.7 Å². The predicted molar refractivity (Wildman–Crippen MR) is 85.9 cm³/mol. The smallest absolute Gasteiger partial charge is 0.225 e. The molecule has 0 unspecified atom stereocenters. The van der Waals surface area contributed by atoms with Gasteiger partial charge in [0.1, 0.15) is 12.7 Å². The van der Waals surface area contributed by atoms with Crippen LogP contribution in [0.2, 0.25) is 0 Å². The molecule has 2 aromatic heterocycles. The molecule has 0 aliphatic carbocycles. The first-order chi connectivity index (χ1) is 10.7. The minimum Gasteiger partial charge on any atom is -0.349 e. The predicted octanol–water partition coefficient (Wildman–Crippen LogP) is 2.75. The van der Waals surface area contributed by atoms with Crippen molar-refractivity contribution in [3.05, 3.63) is 64.9 Å². The quantitative estimate of drug-likeness (QED) is 0.788. The molecule has 1 atom stereocenters. The number of carbonyl (C=O) groups is 1. The van der Waals surface area contributed by atoms with E-state index in [4.69, 9.17) is 0 Å². The molecular formula is C16H16N4OS. The Morgan fingerprint density at radius 2 is 2.14 bits per heavy atom. The fraction of sp³-hybridized carbons (Fsp3) is 0.188. The topological polar surface area (TPSA) is 59.8 Å². The number of rotatable bonds is 5. The lowest BCUT2D eigenvalue weighted by molar-refractivity contribution is -0.121. The van der Waals surface area contributed by atoms with Crippen molar-refractivity contribution in [2.24, 2.45) is 0 Å². The first kappa shape index (κ1) is 14.5. The number of nitrogens with zero attached hydrogens (tertiary/aromatic N) is 3. The van der Waals surface area contributed by atoms with Gasteiger partial charge < -0.3 is 5.32 Å². The summed E-state index contributed by atoms with van der Waals surface area (Å²) in [6, 6.07) is 11.8. The van der Waals surface area contributed by atoms with Crippen LogP contribution in [0.5, 0.6) is 0 Å². The van der Waals surface area contributed by atoms with Gasteiger partial charge in [-0.05, 0) is 36.1 Å². The highest BCUT2D eigenvalue weighted by atomic mass is 32.1. The molecule has 1 N–H and O–H groups in total. The molecule has 0 saturated carbocycles. The highest BCUT2D eigenvalue weighted by molar-refractivity contribution is 7.10. The zero-order chi connectivity index (χ0) is 15.4. The molecule has 6 heteroatoms. The van der Waals surface area contributed by atoms with E-state index in [0.717, 1.165) is 16.1 Å². The maximum atomic E-state index is 12.0. The van der Waals surface area contributed by atoms with Crippen LogP contribution < -0.4 is 5.32 Å². The normalized spacial score (nSPS) is 12.0. The minimum atomic E-state index is -0.0303. The zero-order valence-electron chi connectivity index (χ0n) is 12.1. The minimum absolute atomic E-state index is 0.0303. The van der Waals surface area contributed by atoms with Crippen LogP contribution in [-0.2, 0) is 11.2 Å². The fourth-order valence-corrected chi connectivity index (χ4v) is 2.91. The van der Waals surface area contributed by atoms with Gasteiger partial charge in [-0.15, -0.1) is 11.3 Å². The molecule has 0 fully saturated rings. The van der Waals surface area contributed by atoms with Crippen molar-refractivity contribution >= 4 is 17.2 Å². The Morgan fingerprint density at radius 1 is 1.32 bits per heavy atom. The first-order valence-electron chi connectivity index (χ1n) is 6.99. The summed E-state index contributed by atoms with van der Waals surface area (Å²) >= 11 is 1.60. The number of nitrogens with one attached hydrogen (secondary N) is 1. The highest BCUT2D eigenvalue weighted by Crippen LogP contribution is 2.16. The molecule has 112 valence electrons. The lowest BCUT2D eigenvalue weighted by Gasteiger charge is -2.14. The Kier molecular flexibility index (Phi) is 4.29.